The molecule has 0 aliphatic carbocycles. The van der Waals surface area contributed by atoms with E-state index in [0.717, 1.165) is 0 Å². The van der Waals surface area contributed by atoms with E-state index in [4.69, 9.17) is 0 Å². The second kappa shape index (κ2) is 3.91. The van der Waals surface area contributed by atoms with Crippen LogP contribution in [0, 0.1) is 0 Å². The van der Waals surface area contributed by atoms with E-state index in [1.54, 1.807) is 24.3 Å². The van der Waals surface area contributed by atoms with Crippen LogP contribution in [-0.4, -0.2) is 18.5 Å². The minimum atomic E-state index is -5.64. The van der Waals surface area contributed by atoms with E-state index in [-0.39, 0.29) is 5.88 Å². The lowest BCUT2D eigenvalue weighted by molar-refractivity contribution is -0.0502. The molecule has 2 rings (SSSR count). The van der Waals surface area contributed by atoms with Gasteiger partial charge in [0.2, 0.25) is 5.88 Å². The maximum absolute atomic E-state index is 12.2. The molecule has 2 aromatic rings. The molecule has 0 aliphatic rings. The maximum Gasteiger partial charge on any atom is 0.534 e. The number of hydrogen-bond acceptors (Lipinski definition) is 3. The smallest absolute Gasteiger partial charge is 0.357 e. The zero-order valence-electron chi connectivity index (χ0n) is 9.10. The van der Waals surface area contributed by atoms with Crippen LogP contribution in [0.3, 0.4) is 0 Å². The Balaban J connectivity index is 2.48. The molecule has 0 unspecified atom stereocenters. The van der Waals surface area contributed by atoms with Crippen molar-refractivity contribution in [2.45, 2.75) is 5.51 Å². The number of rotatable bonds is 2. The van der Waals surface area contributed by atoms with E-state index >= 15 is 0 Å². The van der Waals surface area contributed by atoms with Crippen molar-refractivity contribution < 1.29 is 25.8 Å². The molecule has 0 amide bonds. The van der Waals surface area contributed by atoms with Gasteiger partial charge in [-0.3, -0.25) is 0 Å². The van der Waals surface area contributed by atoms with E-state index < -0.39 is 15.6 Å². The van der Waals surface area contributed by atoms with Gasteiger partial charge in [-0.25, -0.2) is 0 Å². The van der Waals surface area contributed by atoms with Crippen molar-refractivity contribution in [1.29, 1.82) is 0 Å². The lowest BCUT2D eigenvalue weighted by Crippen LogP contribution is -2.28. The van der Waals surface area contributed by atoms with Crippen LogP contribution < -0.4 is 4.18 Å². The Morgan fingerprint density at radius 1 is 1.22 bits per heavy atom. The second-order valence-electron chi connectivity index (χ2n) is 3.58. The average molecular weight is 279 g/mol. The third-order valence-corrected chi connectivity index (χ3v) is 3.34. The molecule has 98 valence electrons. The lowest BCUT2D eigenvalue weighted by atomic mass is 10.2. The molecular weight excluding hydrogens is 271 g/mol. The molecule has 1 aromatic heterocycles. The Kier molecular flexibility index (Phi) is 2.77. The van der Waals surface area contributed by atoms with Gasteiger partial charge in [-0.15, -0.1) is 0 Å². The van der Waals surface area contributed by atoms with Crippen molar-refractivity contribution in [2.75, 3.05) is 0 Å². The Labute approximate surface area is 101 Å². The van der Waals surface area contributed by atoms with Crippen LogP contribution in [0.2, 0.25) is 0 Å². The first-order valence-electron chi connectivity index (χ1n) is 4.77. The largest absolute Gasteiger partial charge is 0.534 e. The summed E-state index contributed by atoms with van der Waals surface area (Å²) < 4.78 is 63.7. The van der Waals surface area contributed by atoms with Crippen LogP contribution in [0.15, 0.2) is 30.3 Å². The highest BCUT2D eigenvalue weighted by atomic mass is 32.2. The fourth-order valence-corrected chi connectivity index (χ4v) is 1.98. The zero-order chi connectivity index (χ0) is 13.6. The van der Waals surface area contributed by atoms with Crippen LogP contribution in [0.4, 0.5) is 13.2 Å². The summed E-state index contributed by atoms with van der Waals surface area (Å²) in [5.74, 6) is -0.381. The van der Waals surface area contributed by atoms with E-state index in [2.05, 4.69) is 4.18 Å². The molecule has 0 radical (unpaired) electrons. The van der Waals surface area contributed by atoms with Gasteiger partial charge in [0.15, 0.2) is 0 Å². The van der Waals surface area contributed by atoms with Crippen molar-refractivity contribution >= 4 is 21.0 Å². The quantitative estimate of drug-likeness (QED) is 0.626. The fraction of sp³-hybridized carbons (Fsp3) is 0.200. The molecule has 1 heterocycles. The van der Waals surface area contributed by atoms with E-state index in [0.29, 0.717) is 10.9 Å². The predicted molar refractivity (Wildman–Crippen MR) is 58.5 cm³/mol. The van der Waals surface area contributed by atoms with Gasteiger partial charge < -0.3 is 8.75 Å². The molecule has 8 heteroatoms. The molecule has 4 nitrogen and oxygen atoms in total. The van der Waals surface area contributed by atoms with Crippen molar-refractivity contribution in [3.63, 3.8) is 0 Å². The molecule has 0 fully saturated rings. The van der Waals surface area contributed by atoms with Gasteiger partial charge in [0.25, 0.3) is 0 Å². The molecule has 0 aliphatic heterocycles. The Bertz CT molecular complexity index is 688. The summed E-state index contributed by atoms with van der Waals surface area (Å²) in [6.45, 7) is 0. The van der Waals surface area contributed by atoms with Crippen LogP contribution in [0.1, 0.15) is 0 Å². The molecule has 0 saturated heterocycles. The molecule has 1 aromatic carbocycles. The van der Waals surface area contributed by atoms with Gasteiger partial charge >= 0.3 is 15.6 Å². The number of benzene rings is 1. The maximum atomic E-state index is 12.2. The predicted octanol–water partition coefficient (Wildman–Crippen LogP) is 2.41. The van der Waals surface area contributed by atoms with Crippen molar-refractivity contribution in [3.05, 3.63) is 30.3 Å². The summed E-state index contributed by atoms with van der Waals surface area (Å²) in [6, 6.07) is 7.89. The standard InChI is InChI=1S/C10H8F3NO3S/c1-14-8-5-3-2-4-7(8)6-9(14)17-18(15,16)10(11,12)13/h2-6H,1H3. The SMILES string of the molecule is Cn1c(OS(=O)(=O)C(F)(F)F)cc2ccccc21. The summed E-state index contributed by atoms with van der Waals surface area (Å²) in [5, 5.41) is 0.590. The minimum Gasteiger partial charge on any atom is -0.357 e. The number of hydrogen-bond donors (Lipinski definition) is 0. The lowest BCUT2D eigenvalue weighted by Gasteiger charge is -2.09. The number of nitrogens with zero attached hydrogens (tertiary/aromatic N) is 1. The number of aryl methyl sites for hydroxylation is 1. The molecular formula is C10H8F3NO3S. The third-order valence-electron chi connectivity index (χ3n) is 2.39. The van der Waals surface area contributed by atoms with Crippen LogP contribution in [0.25, 0.3) is 10.9 Å². The second-order valence-corrected chi connectivity index (χ2v) is 5.12. The van der Waals surface area contributed by atoms with Gasteiger partial charge in [-0.1, -0.05) is 18.2 Å². The number of alkyl halides is 3. The summed E-state index contributed by atoms with van der Waals surface area (Å²) in [6.07, 6.45) is 0. The minimum absolute atomic E-state index is 0.381. The van der Waals surface area contributed by atoms with Crippen molar-refractivity contribution in [1.82, 2.24) is 4.57 Å². The number of halogens is 3. The number of para-hydroxylation sites is 1. The Morgan fingerprint density at radius 2 is 1.83 bits per heavy atom. The molecule has 0 saturated carbocycles. The normalized spacial score (nSPS) is 12.9. The monoisotopic (exact) mass is 279 g/mol. The van der Waals surface area contributed by atoms with Crippen LogP contribution in [0.5, 0.6) is 5.88 Å². The fourth-order valence-electron chi connectivity index (χ4n) is 1.50. The molecule has 0 N–H and O–H groups in total. The van der Waals surface area contributed by atoms with E-state index in [1.165, 1.54) is 17.7 Å². The highest BCUT2D eigenvalue weighted by Crippen LogP contribution is 2.30. The Morgan fingerprint density at radius 3 is 2.39 bits per heavy atom. The topological polar surface area (TPSA) is 48.3 Å². The van der Waals surface area contributed by atoms with Crippen molar-refractivity contribution in [2.24, 2.45) is 7.05 Å². The third kappa shape index (κ3) is 2.03. The summed E-state index contributed by atoms with van der Waals surface area (Å²) in [7, 11) is -4.22. The molecule has 0 spiro atoms. The highest BCUT2D eigenvalue weighted by Gasteiger charge is 2.49. The van der Waals surface area contributed by atoms with Crippen LogP contribution in [-0.2, 0) is 17.2 Å². The van der Waals surface area contributed by atoms with E-state index in [1.807, 2.05) is 0 Å². The molecule has 0 bridgehead atoms. The van der Waals surface area contributed by atoms with Gasteiger partial charge in [0.1, 0.15) is 0 Å². The first-order valence-corrected chi connectivity index (χ1v) is 6.18. The van der Waals surface area contributed by atoms with E-state index in [9.17, 15) is 21.6 Å². The number of aromatic nitrogens is 1. The Hall–Kier alpha value is -1.70. The van der Waals surface area contributed by atoms with Gasteiger partial charge in [-0.2, -0.15) is 21.6 Å². The first kappa shape index (κ1) is 12.7. The zero-order valence-corrected chi connectivity index (χ0v) is 9.92. The molecule has 18 heavy (non-hydrogen) atoms. The van der Waals surface area contributed by atoms with Gasteiger partial charge in [0.05, 0.1) is 5.52 Å². The first-order chi connectivity index (χ1) is 8.22. The van der Waals surface area contributed by atoms with Crippen LogP contribution >= 0.6 is 0 Å². The molecule has 0 atom stereocenters. The summed E-state index contributed by atoms with van der Waals surface area (Å²) in [4.78, 5) is 0. The number of fused-ring (bicyclic) bond motifs is 1. The van der Waals surface area contributed by atoms with Crippen molar-refractivity contribution in [3.8, 4) is 5.88 Å². The summed E-state index contributed by atoms with van der Waals surface area (Å²) in [5.41, 5.74) is -4.87. The van der Waals surface area contributed by atoms with Gasteiger partial charge in [0, 0.05) is 18.5 Å². The summed E-state index contributed by atoms with van der Waals surface area (Å²) >= 11 is 0. The average Bonchev–Trinajstić information content (AvgIpc) is 2.54. The highest BCUT2D eigenvalue weighted by molar-refractivity contribution is 7.87. The van der Waals surface area contributed by atoms with Gasteiger partial charge in [-0.05, 0) is 6.07 Å².